The summed E-state index contributed by atoms with van der Waals surface area (Å²) in [6, 6.07) is 8.14. The second-order valence-corrected chi connectivity index (χ2v) is 10.8. The van der Waals surface area contributed by atoms with E-state index in [0.29, 0.717) is 38.5 Å². The van der Waals surface area contributed by atoms with Crippen LogP contribution in [-0.4, -0.2) is 66.5 Å². The number of nitrogens with one attached hydrogen (secondary N) is 1. The van der Waals surface area contributed by atoms with Gasteiger partial charge in [-0.05, 0) is 92.2 Å². The molecule has 2 N–H and O–H groups in total. The molecule has 38 heavy (non-hydrogen) atoms. The third-order valence-corrected chi connectivity index (χ3v) is 8.16. The van der Waals surface area contributed by atoms with Gasteiger partial charge in [0.2, 0.25) is 0 Å². The zero-order valence-electron chi connectivity index (χ0n) is 22.2. The van der Waals surface area contributed by atoms with Gasteiger partial charge in [0.1, 0.15) is 17.7 Å². The molecule has 206 valence electrons. The van der Waals surface area contributed by atoms with Gasteiger partial charge in [-0.15, -0.1) is 0 Å². The van der Waals surface area contributed by atoms with Crippen molar-refractivity contribution in [2.24, 2.45) is 0 Å². The van der Waals surface area contributed by atoms with Gasteiger partial charge in [0.15, 0.2) is 0 Å². The van der Waals surface area contributed by atoms with E-state index in [1.165, 1.54) is 24.1 Å². The van der Waals surface area contributed by atoms with E-state index >= 15 is 0 Å². The Morgan fingerprint density at radius 3 is 2.89 bits per heavy atom. The lowest BCUT2D eigenvalue weighted by atomic mass is 9.85. The van der Waals surface area contributed by atoms with Crippen molar-refractivity contribution in [1.29, 1.82) is 0 Å². The van der Waals surface area contributed by atoms with Crippen LogP contribution in [0, 0.1) is 5.82 Å². The number of fused-ring (bicyclic) bond motifs is 1. The van der Waals surface area contributed by atoms with Crippen molar-refractivity contribution < 1.29 is 23.8 Å². The number of carbonyl (C=O) groups is 1. The van der Waals surface area contributed by atoms with E-state index in [2.05, 4.69) is 17.4 Å². The molecule has 0 radical (unpaired) electrons. The molecule has 0 saturated carbocycles. The van der Waals surface area contributed by atoms with Crippen molar-refractivity contribution in [3.8, 4) is 0 Å². The quantitative estimate of drug-likeness (QED) is 0.395. The Balaban J connectivity index is 1.09. The highest BCUT2D eigenvalue weighted by Crippen LogP contribution is 2.36. The van der Waals surface area contributed by atoms with Gasteiger partial charge in [0.05, 0.1) is 6.10 Å². The average Bonchev–Trinajstić information content (AvgIpc) is 3.39. The van der Waals surface area contributed by atoms with Crippen molar-refractivity contribution in [1.82, 2.24) is 9.88 Å². The van der Waals surface area contributed by atoms with Crippen LogP contribution in [0.1, 0.15) is 79.3 Å². The summed E-state index contributed by atoms with van der Waals surface area (Å²) in [6.07, 6.45) is 8.81. The molecule has 0 unspecified atom stereocenters. The van der Waals surface area contributed by atoms with Crippen LogP contribution in [0.15, 0.2) is 30.3 Å². The number of ether oxygens (including phenoxy) is 2. The summed E-state index contributed by atoms with van der Waals surface area (Å²) in [5, 5.41) is 13.6. The molecule has 3 aliphatic rings. The van der Waals surface area contributed by atoms with Gasteiger partial charge in [-0.3, -0.25) is 9.69 Å². The molecule has 7 nitrogen and oxygen atoms in total. The summed E-state index contributed by atoms with van der Waals surface area (Å²) < 4.78 is 25.9. The van der Waals surface area contributed by atoms with E-state index in [4.69, 9.17) is 14.5 Å². The maximum absolute atomic E-state index is 14.3. The number of unbranched alkanes of at least 4 members (excludes halogenated alkanes) is 2. The maximum atomic E-state index is 14.3. The Morgan fingerprint density at radius 1 is 1.18 bits per heavy atom. The minimum atomic E-state index is -0.935. The van der Waals surface area contributed by atoms with Crippen LogP contribution in [0.25, 0.3) is 0 Å². The summed E-state index contributed by atoms with van der Waals surface area (Å²) in [6.45, 7) is 4.16. The Bertz CT molecular complexity index is 1090. The van der Waals surface area contributed by atoms with Gasteiger partial charge in [-0.2, -0.15) is 0 Å². The molecule has 2 fully saturated rings. The summed E-state index contributed by atoms with van der Waals surface area (Å²) in [4.78, 5) is 19.1. The number of carboxylic acids is 1. The Morgan fingerprint density at radius 2 is 2.05 bits per heavy atom. The predicted molar refractivity (Wildman–Crippen MR) is 144 cm³/mol. The number of aromatic nitrogens is 1. The van der Waals surface area contributed by atoms with Crippen molar-refractivity contribution in [2.45, 2.75) is 75.9 Å². The van der Waals surface area contributed by atoms with E-state index in [1.807, 2.05) is 4.90 Å². The highest BCUT2D eigenvalue weighted by atomic mass is 19.1. The molecule has 0 spiro atoms. The van der Waals surface area contributed by atoms with Crippen molar-refractivity contribution >= 4 is 11.8 Å². The lowest BCUT2D eigenvalue weighted by molar-refractivity contribution is -0.143. The fourth-order valence-corrected chi connectivity index (χ4v) is 6.12. The summed E-state index contributed by atoms with van der Waals surface area (Å²) in [5.41, 5.74) is 3.98. The van der Waals surface area contributed by atoms with Crippen molar-refractivity contribution in [3.05, 3.63) is 58.5 Å². The molecule has 2 atom stereocenters. The molecular weight excluding hydrogens is 485 g/mol. The first-order chi connectivity index (χ1) is 18.6. The Hall–Kier alpha value is -2.55. The topological polar surface area (TPSA) is 83.9 Å². The van der Waals surface area contributed by atoms with E-state index < -0.39 is 17.8 Å². The molecule has 2 aromatic rings. The lowest BCUT2D eigenvalue weighted by Gasteiger charge is -2.30. The average molecular weight is 526 g/mol. The van der Waals surface area contributed by atoms with Gasteiger partial charge in [0.25, 0.3) is 0 Å². The smallest absolute Gasteiger partial charge is 0.325 e. The van der Waals surface area contributed by atoms with Crippen LogP contribution in [0.5, 0.6) is 0 Å². The number of halogens is 1. The minimum absolute atomic E-state index is 0.00493. The molecular formula is C30H40FN3O4. The number of aliphatic carboxylic acids is 1. The molecule has 5 rings (SSSR count). The number of anilines is 1. The molecule has 2 saturated heterocycles. The number of aryl methyl sites for hydroxylation is 2. The minimum Gasteiger partial charge on any atom is -0.480 e. The number of hydrogen-bond acceptors (Lipinski definition) is 6. The first-order valence-corrected chi connectivity index (χ1v) is 14.3. The number of benzene rings is 1. The van der Waals surface area contributed by atoms with Gasteiger partial charge >= 0.3 is 5.97 Å². The standard InChI is InChI=1S/C30H40FN3O4/c31-23-8-10-26(21-12-17-37-18-13-21)27(19-23)28(30(35)36)34-15-11-25(20-34)38-16-3-1-2-6-24-9-7-22-5-4-14-32-29(22)33-24/h7-10,19,21,25,28H,1-6,11-18,20H2,(H,32,33)(H,35,36)/t25-,28-/m1/s1. The molecule has 0 bridgehead atoms. The van der Waals surface area contributed by atoms with Crippen LogP contribution in [0.2, 0.25) is 0 Å². The molecule has 3 aliphatic heterocycles. The second-order valence-electron chi connectivity index (χ2n) is 10.8. The molecule has 4 heterocycles. The predicted octanol–water partition coefficient (Wildman–Crippen LogP) is 5.10. The van der Waals surface area contributed by atoms with Crippen LogP contribution in [-0.2, 0) is 27.1 Å². The largest absolute Gasteiger partial charge is 0.480 e. The van der Waals surface area contributed by atoms with Crippen LogP contribution in [0.4, 0.5) is 10.2 Å². The molecule has 1 aromatic carbocycles. The number of nitrogens with zero attached hydrogens (tertiary/aromatic N) is 2. The second kappa shape index (κ2) is 13.0. The monoisotopic (exact) mass is 525 g/mol. The fraction of sp³-hybridized carbons (Fsp3) is 0.600. The number of pyridine rings is 1. The molecule has 0 amide bonds. The molecule has 8 heteroatoms. The SMILES string of the molecule is O=C(O)[C@@H](c1cc(F)ccc1C1CCOCC1)N1CC[C@@H](OCCCCCc2ccc3c(n2)NCCC3)C1. The Labute approximate surface area is 224 Å². The first kappa shape index (κ1) is 27.0. The van der Waals surface area contributed by atoms with Gasteiger partial charge < -0.3 is 19.9 Å². The maximum Gasteiger partial charge on any atom is 0.325 e. The number of rotatable bonds is 11. The molecule has 1 aromatic heterocycles. The molecule has 0 aliphatic carbocycles. The van der Waals surface area contributed by atoms with Crippen molar-refractivity contribution in [2.75, 3.05) is 44.8 Å². The zero-order valence-corrected chi connectivity index (χ0v) is 22.2. The van der Waals surface area contributed by atoms with Crippen LogP contribution in [0.3, 0.4) is 0 Å². The third kappa shape index (κ3) is 6.71. The van der Waals surface area contributed by atoms with E-state index in [1.54, 1.807) is 6.07 Å². The highest BCUT2D eigenvalue weighted by molar-refractivity contribution is 5.76. The van der Waals surface area contributed by atoms with Gasteiger partial charge in [-0.25, -0.2) is 9.37 Å². The Kier molecular flexibility index (Phi) is 9.25. The summed E-state index contributed by atoms with van der Waals surface area (Å²) in [5.74, 6) is -0.0734. The normalized spacial score (nSPS) is 21.1. The zero-order chi connectivity index (χ0) is 26.3. The number of carboxylic acid groups (broad SMARTS) is 1. The number of hydrogen-bond donors (Lipinski definition) is 2. The van der Waals surface area contributed by atoms with Crippen molar-refractivity contribution in [3.63, 3.8) is 0 Å². The van der Waals surface area contributed by atoms with Gasteiger partial charge in [0, 0.05) is 45.1 Å². The lowest BCUT2D eigenvalue weighted by Crippen LogP contribution is -2.34. The third-order valence-electron chi connectivity index (χ3n) is 8.16. The number of likely N-dealkylation sites (tertiary alicyclic amines) is 1. The van der Waals surface area contributed by atoms with E-state index in [9.17, 15) is 14.3 Å². The van der Waals surface area contributed by atoms with E-state index in [-0.39, 0.29) is 12.0 Å². The summed E-state index contributed by atoms with van der Waals surface area (Å²) >= 11 is 0. The van der Waals surface area contributed by atoms with Gasteiger partial charge in [-0.1, -0.05) is 18.6 Å². The fourth-order valence-electron chi connectivity index (χ4n) is 6.12. The van der Waals surface area contributed by atoms with E-state index in [0.717, 1.165) is 75.0 Å². The summed E-state index contributed by atoms with van der Waals surface area (Å²) in [7, 11) is 0. The van der Waals surface area contributed by atoms with Crippen LogP contribution >= 0.6 is 0 Å². The highest BCUT2D eigenvalue weighted by Gasteiger charge is 2.36. The van der Waals surface area contributed by atoms with Crippen LogP contribution < -0.4 is 5.32 Å². The first-order valence-electron chi connectivity index (χ1n) is 14.3.